The van der Waals surface area contributed by atoms with Gasteiger partial charge in [0.25, 0.3) is 10.0 Å². The Hall–Kier alpha value is -4.83. The Morgan fingerprint density at radius 3 is 1.98 bits per heavy atom. The van der Waals surface area contributed by atoms with Gasteiger partial charge >= 0.3 is 0 Å². The van der Waals surface area contributed by atoms with Crippen LogP contribution in [0.25, 0.3) is 0 Å². The van der Waals surface area contributed by atoms with Crippen molar-refractivity contribution in [2.24, 2.45) is 0 Å². The molecule has 0 aliphatic heterocycles. The number of carbonyl (C=O) groups is 2. The number of methoxy groups -OCH3 is 1. The summed E-state index contributed by atoms with van der Waals surface area (Å²) in [4.78, 5) is 28.9. The number of hydrogen-bond donors (Lipinski definition) is 1. The van der Waals surface area contributed by atoms with Gasteiger partial charge in [-0.2, -0.15) is 0 Å². The number of nitrogens with one attached hydrogen (secondary N) is 1. The van der Waals surface area contributed by atoms with Crippen molar-refractivity contribution in [3.8, 4) is 17.2 Å². The molecular weight excluding hydrogens is 590 g/mol. The first-order valence-electron chi connectivity index (χ1n) is 14.5. The topological polar surface area (TPSA) is 105 Å². The monoisotopic (exact) mass is 629 g/mol. The third kappa shape index (κ3) is 8.86. The fourth-order valence-corrected chi connectivity index (χ4v) is 6.01. The van der Waals surface area contributed by atoms with E-state index in [0.717, 1.165) is 9.87 Å². The zero-order chi connectivity index (χ0) is 32.6. The summed E-state index contributed by atoms with van der Waals surface area (Å²) >= 11 is 0. The summed E-state index contributed by atoms with van der Waals surface area (Å²) in [6.45, 7) is 6.69. The van der Waals surface area contributed by atoms with Crippen LogP contribution in [0.3, 0.4) is 0 Å². The van der Waals surface area contributed by atoms with Gasteiger partial charge in [-0.25, -0.2) is 8.42 Å². The summed E-state index contributed by atoms with van der Waals surface area (Å²) in [5.41, 5.74) is 0.446. The molecule has 0 saturated carbocycles. The number of benzene rings is 4. The number of anilines is 1. The number of rotatable bonds is 12. The molecule has 0 heterocycles. The largest absolute Gasteiger partial charge is 0.497 e. The molecule has 4 aromatic carbocycles. The quantitative estimate of drug-likeness (QED) is 0.206. The summed E-state index contributed by atoms with van der Waals surface area (Å²) in [6, 6.07) is 29.9. The Morgan fingerprint density at radius 1 is 0.800 bits per heavy atom. The number of nitrogens with zero attached hydrogens (tertiary/aromatic N) is 2. The molecule has 4 aromatic rings. The van der Waals surface area contributed by atoms with Crippen molar-refractivity contribution in [1.82, 2.24) is 10.2 Å². The van der Waals surface area contributed by atoms with Gasteiger partial charge in [0.1, 0.15) is 29.8 Å². The first kappa shape index (κ1) is 33.1. The molecule has 9 nitrogen and oxygen atoms in total. The van der Waals surface area contributed by atoms with E-state index in [-0.39, 0.29) is 23.0 Å². The summed E-state index contributed by atoms with van der Waals surface area (Å²) in [5.74, 6) is 0.806. The normalized spacial score (nSPS) is 12.1. The number of sulfonamides is 1. The second kappa shape index (κ2) is 14.3. The van der Waals surface area contributed by atoms with Crippen molar-refractivity contribution in [2.75, 3.05) is 18.0 Å². The van der Waals surface area contributed by atoms with Crippen molar-refractivity contribution >= 4 is 27.5 Å². The van der Waals surface area contributed by atoms with Crippen LogP contribution < -0.4 is 19.1 Å². The van der Waals surface area contributed by atoms with Crippen LogP contribution in [0.2, 0.25) is 0 Å². The van der Waals surface area contributed by atoms with Crippen LogP contribution in [0.1, 0.15) is 33.3 Å². The Morgan fingerprint density at radius 2 is 1.38 bits per heavy atom. The van der Waals surface area contributed by atoms with Crippen LogP contribution in [-0.2, 0) is 26.2 Å². The van der Waals surface area contributed by atoms with E-state index in [4.69, 9.17) is 9.47 Å². The molecular formula is C35H39N3O6S. The molecule has 1 atom stereocenters. The van der Waals surface area contributed by atoms with Gasteiger partial charge in [0.2, 0.25) is 11.8 Å². The lowest BCUT2D eigenvalue weighted by Crippen LogP contribution is -2.54. The second-order valence-corrected chi connectivity index (χ2v) is 13.4. The SMILES string of the molecule is COc1cccc(CN(C(=O)CN(c2ccc(Oc3ccccc3)cc2)S(=O)(=O)c2ccccc2)[C@H](C)C(=O)NC(C)(C)C)c1. The van der Waals surface area contributed by atoms with Crippen LogP contribution in [-0.4, -0.2) is 50.4 Å². The fraction of sp³-hybridized carbons (Fsp3) is 0.257. The first-order valence-corrected chi connectivity index (χ1v) is 16.0. The highest BCUT2D eigenvalue weighted by Crippen LogP contribution is 2.29. The molecule has 0 saturated heterocycles. The van der Waals surface area contributed by atoms with Crippen LogP contribution in [0.15, 0.2) is 114 Å². The molecule has 0 aromatic heterocycles. The zero-order valence-corrected chi connectivity index (χ0v) is 27.0. The molecule has 4 rings (SSSR count). The van der Waals surface area contributed by atoms with Gasteiger partial charge in [-0.1, -0.05) is 48.5 Å². The fourth-order valence-electron chi connectivity index (χ4n) is 4.58. The van der Waals surface area contributed by atoms with Gasteiger partial charge in [-0.15, -0.1) is 0 Å². The van der Waals surface area contributed by atoms with Crippen LogP contribution in [0.4, 0.5) is 5.69 Å². The third-order valence-electron chi connectivity index (χ3n) is 6.87. The maximum Gasteiger partial charge on any atom is 0.264 e. The average molecular weight is 630 g/mol. The number of ether oxygens (including phenoxy) is 2. The molecule has 10 heteroatoms. The molecule has 0 bridgehead atoms. The lowest BCUT2D eigenvalue weighted by atomic mass is 10.1. The third-order valence-corrected chi connectivity index (χ3v) is 8.65. The van der Waals surface area contributed by atoms with Crippen molar-refractivity contribution in [3.63, 3.8) is 0 Å². The lowest BCUT2D eigenvalue weighted by molar-refractivity contribution is -0.140. The summed E-state index contributed by atoms with van der Waals surface area (Å²) in [5, 5.41) is 2.93. The molecule has 236 valence electrons. The minimum absolute atomic E-state index is 0.0280. The van der Waals surface area contributed by atoms with Crippen LogP contribution >= 0.6 is 0 Å². The molecule has 0 spiro atoms. The molecule has 0 fully saturated rings. The lowest BCUT2D eigenvalue weighted by Gasteiger charge is -2.33. The molecule has 2 amide bonds. The van der Waals surface area contributed by atoms with Crippen molar-refractivity contribution in [2.45, 2.75) is 50.7 Å². The van der Waals surface area contributed by atoms with E-state index in [9.17, 15) is 18.0 Å². The number of hydrogen-bond acceptors (Lipinski definition) is 6. The van der Waals surface area contributed by atoms with Gasteiger partial charge in [-0.3, -0.25) is 13.9 Å². The van der Waals surface area contributed by atoms with E-state index < -0.39 is 34.1 Å². The second-order valence-electron chi connectivity index (χ2n) is 11.5. The van der Waals surface area contributed by atoms with E-state index in [0.29, 0.717) is 17.2 Å². The van der Waals surface area contributed by atoms with E-state index in [1.165, 1.54) is 17.0 Å². The Bertz CT molecular complexity index is 1690. The Labute approximate surface area is 265 Å². The van der Waals surface area contributed by atoms with Crippen molar-refractivity contribution in [3.05, 3.63) is 115 Å². The molecule has 0 aliphatic carbocycles. The van der Waals surface area contributed by atoms with Crippen molar-refractivity contribution in [1.29, 1.82) is 0 Å². The van der Waals surface area contributed by atoms with Crippen LogP contribution in [0, 0.1) is 0 Å². The minimum Gasteiger partial charge on any atom is -0.497 e. The standard InChI is InChI=1S/C35H39N3O6S/c1-26(34(40)36-35(2,3)4)37(24-27-13-12-16-31(23-27)43-5)33(39)25-38(45(41,42)32-17-10-7-11-18-32)28-19-21-30(22-20-28)44-29-14-8-6-9-15-29/h6-23,26H,24-25H2,1-5H3,(H,36,40)/t26-/m1/s1. The minimum atomic E-state index is -4.19. The Balaban J connectivity index is 1.70. The summed E-state index contributed by atoms with van der Waals surface area (Å²) < 4.78 is 40.4. The summed E-state index contributed by atoms with van der Waals surface area (Å²) in [7, 11) is -2.64. The molecule has 45 heavy (non-hydrogen) atoms. The smallest absolute Gasteiger partial charge is 0.264 e. The highest BCUT2D eigenvalue weighted by atomic mass is 32.2. The maximum atomic E-state index is 14.2. The van der Waals surface area contributed by atoms with Gasteiger partial charge in [0.15, 0.2) is 0 Å². The summed E-state index contributed by atoms with van der Waals surface area (Å²) in [6.07, 6.45) is 0. The predicted molar refractivity (Wildman–Crippen MR) is 175 cm³/mol. The predicted octanol–water partition coefficient (Wildman–Crippen LogP) is 6.01. The first-order chi connectivity index (χ1) is 21.4. The highest BCUT2D eigenvalue weighted by molar-refractivity contribution is 7.92. The van der Waals surface area contributed by atoms with Gasteiger partial charge in [0, 0.05) is 12.1 Å². The molecule has 0 radical (unpaired) electrons. The molecule has 0 aliphatic rings. The zero-order valence-electron chi connectivity index (χ0n) is 26.1. The van der Waals surface area contributed by atoms with E-state index in [2.05, 4.69) is 5.32 Å². The highest BCUT2D eigenvalue weighted by Gasteiger charge is 2.33. The van der Waals surface area contributed by atoms with E-state index in [1.807, 2.05) is 57.2 Å². The average Bonchev–Trinajstić information content (AvgIpc) is 3.02. The van der Waals surface area contributed by atoms with Crippen molar-refractivity contribution < 1.29 is 27.5 Å². The van der Waals surface area contributed by atoms with Gasteiger partial charge < -0.3 is 19.7 Å². The number of amides is 2. The van der Waals surface area contributed by atoms with Gasteiger partial charge in [-0.05, 0) is 93.9 Å². The molecule has 0 unspecified atom stereocenters. The maximum absolute atomic E-state index is 14.2. The number of para-hydroxylation sites is 1. The van der Waals surface area contributed by atoms with Gasteiger partial charge in [0.05, 0.1) is 17.7 Å². The Kier molecular flexibility index (Phi) is 10.5. The number of carbonyl (C=O) groups excluding carboxylic acids is 2. The van der Waals surface area contributed by atoms with E-state index in [1.54, 1.807) is 74.7 Å². The van der Waals surface area contributed by atoms with Crippen LogP contribution in [0.5, 0.6) is 17.2 Å². The molecule has 1 N–H and O–H groups in total. The van der Waals surface area contributed by atoms with E-state index >= 15 is 0 Å².